The Hall–Kier alpha value is -0.160. The van der Waals surface area contributed by atoms with E-state index in [1.54, 1.807) is 0 Å². The van der Waals surface area contributed by atoms with Gasteiger partial charge in [-0.1, -0.05) is 0 Å². The van der Waals surface area contributed by atoms with Gasteiger partial charge < -0.3 is 21.3 Å². The van der Waals surface area contributed by atoms with Crippen LogP contribution in [0.4, 0.5) is 0 Å². The molecule has 18 heavy (non-hydrogen) atoms. The fourth-order valence-electron chi connectivity index (χ4n) is 6.42. The molecule has 7 aliphatic rings. The molecule has 2 unspecified atom stereocenters. The highest BCUT2D eigenvalue weighted by Gasteiger charge is 2.73. The molecule has 7 fully saturated rings. The Labute approximate surface area is 110 Å². The minimum Gasteiger partial charge on any atom is -0.330 e. The molecule has 0 spiro atoms. The highest BCUT2D eigenvalue weighted by atomic mass is 15.3. The van der Waals surface area contributed by atoms with E-state index in [2.05, 4.69) is 23.9 Å². The van der Waals surface area contributed by atoms with E-state index in [4.69, 9.17) is 11.5 Å². The molecule has 0 amide bonds. The Bertz CT molecular complexity index is 350. The predicted octanol–water partition coefficient (Wildman–Crippen LogP) is -0.456. The van der Waals surface area contributed by atoms with E-state index >= 15 is 0 Å². The van der Waals surface area contributed by atoms with Crippen LogP contribution in [0.25, 0.3) is 0 Å². The normalized spacial score (nSPS) is 58.7. The molecule has 6 atom stereocenters. The smallest absolute Gasteiger partial charge is 0.0171 e. The Balaban J connectivity index is 1.87. The molecule has 0 radical (unpaired) electrons. The summed E-state index contributed by atoms with van der Waals surface area (Å²) in [5, 5.41) is 0. The van der Waals surface area contributed by atoms with Gasteiger partial charge in [-0.05, 0) is 51.9 Å². The number of piperidine rings is 4. The van der Waals surface area contributed by atoms with Crippen LogP contribution in [0.15, 0.2) is 0 Å². The summed E-state index contributed by atoms with van der Waals surface area (Å²) in [4.78, 5) is 5.17. The Morgan fingerprint density at radius 1 is 0.889 bits per heavy atom. The molecular weight excluding hydrogens is 224 g/mol. The van der Waals surface area contributed by atoms with Crippen molar-refractivity contribution >= 4 is 0 Å². The lowest BCUT2D eigenvalue weighted by atomic mass is 9.36. The average Bonchev–Trinajstić information content (AvgIpc) is 2.40. The fraction of sp³-hybridized carbons (Fsp3) is 1.00. The van der Waals surface area contributed by atoms with Gasteiger partial charge in [-0.15, -0.1) is 0 Å². The van der Waals surface area contributed by atoms with E-state index < -0.39 is 0 Å². The topological polar surface area (TPSA) is 58.5 Å². The summed E-state index contributed by atoms with van der Waals surface area (Å²) in [6.07, 6.45) is 2.57. The first-order chi connectivity index (χ1) is 8.59. The minimum absolute atomic E-state index is 0.395. The van der Waals surface area contributed by atoms with Crippen LogP contribution in [0.2, 0.25) is 0 Å². The Morgan fingerprint density at radius 3 is 1.61 bits per heavy atom. The third-order valence-electron chi connectivity index (χ3n) is 7.23. The largest absolute Gasteiger partial charge is 0.330 e. The van der Waals surface area contributed by atoms with Crippen molar-refractivity contribution in [3.05, 3.63) is 0 Å². The van der Waals surface area contributed by atoms with Crippen LogP contribution >= 0.6 is 0 Å². The van der Waals surface area contributed by atoms with E-state index in [-0.39, 0.29) is 0 Å². The first kappa shape index (κ1) is 11.6. The maximum absolute atomic E-state index is 6.26. The number of rotatable bonds is 2. The fourth-order valence-corrected chi connectivity index (χ4v) is 6.42. The summed E-state index contributed by atoms with van der Waals surface area (Å²) in [5.74, 6) is 1.58. The Morgan fingerprint density at radius 2 is 1.28 bits per heavy atom. The lowest BCUT2D eigenvalue weighted by molar-refractivity contribution is -0.280. The molecule has 3 saturated carbocycles. The standard InChI is InChI=1S/C14H26N4/c1-17-5-9-10-6-18(2)12-4-13(10,7-15)11(17)3-14(9,12)8-16/h9-12H,3-8,15-16H2,1-2H3/t9?,10?,11-,12+,13-,14+. The van der Waals surface area contributed by atoms with Gasteiger partial charge in [-0.25, -0.2) is 0 Å². The SMILES string of the molecule is CN1CC2C3CN(C)[C@@H]4C[C@@]3(CN)[C@@H]1C[C@@]24CN. The van der Waals surface area contributed by atoms with Gasteiger partial charge in [-0.2, -0.15) is 0 Å². The van der Waals surface area contributed by atoms with Crippen molar-refractivity contribution in [2.45, 2.75) is 24.9 Å². The predicted molar refractivity (Wildman–Crippen MR) is 72.0 cm³/mol. The molecular formula is C14H26N4. The maximum Gasteiger partial charge on any atom is 0.0171 e. The van der Waals surface area contributed by atoms with E-state index in [9.17, 15) is 0 Å². The quantitative estimate of drug-likeness (QED) is 0.696. The second-order valence-electron chi connectivity index (χ2n) is 7.41. The molecule has 4 heterocycles. The van der Waals surface area contributed by atoms with E-state index in [0.717, 1.165) is 24.9 Å². The van der Waals surface area contributed by atoms with Gasteiger partial charge >= 0.3 is 0 Å². The Kier molecular flexibility index (Phi) is 2.13. The number of nitrogens with two attached hydrogens (primary N) is 2. The van der Waals surface area contributed by atoms with E-state index in [0.29, 0.717) is 22.9 Å². The van der Waals surface area contributed by atoms with Gasteiger partial charge in [0.15, 0.2) is 0 Å². The molecule has 102 valence electrons. The van der Waals surface area contributed by atoms with E-state index in [1.807, 2.05) is 0 Å². The molecule has 4 heteroatoms. The first-order valence-electron chi connectivity index (χ1n) is 7.40. The average molecular weight is 250 g/mol. The third-order valence-corrected chi connectivity index (χ3v) is 7.23. The number of hydrogen-bond acceptors (Lipinski definition) is 4. The first-order valence-corrected chi connectivity index (χ1v) is 7.40. The van der Waals surface area contributed by atoms with Gasteiger partial charge in [0.05, 0.1) is 0 Å². The molecule has 4 nitrogen and oxygen atoms in total. The zero-order valence-electron chi connectivity index (χ0n) is 11.6. The van der Waals surface area contributed by atoms with Crippen LogP contribution in [0.3, 0.4) is 0 Å². The van der Waals surface area contributed by atoms with Gasteiger partial charge in [0.25, 0.3) is 0 Å². The van der Waals surface area contributed by atoms with E-state index in [1.165, 1.54) is 25.9 Å². The van der Waals surface area contributed by atoms with Crippen molar-refractivity contribution in [1.29, 1.82) is 0 Å². The second-order valence-corrected chi connectivity index (χ2v) is 7.41. The zero-order chi connectivity index (χ0) is 12.7. The molecule has 3 aliphatic carbocycles. The van der Waals surface area contributed by atoms with Gasteiger partial charge in [0, 0.05) is 36.0 Å². The number of nitrogens with zero attached hydrogens (tertiary/aromatic N) is 2. The number of fused-ring (bicyclic) bond motifs is 2. The van der Waals surface area contributed by atoms with Crippen molar-refractivity contribution < 1.29 is 0 Å². The molecule has 0 aromatic rings. The van der Waals surface area contributed by atoms with Crippen LogP contribution in [0.1, 0.15) is 12.8 Å². The molecule has 0 aromatic carbocycles. The number of hydrogen-bond donors (Lipinski definition) is 2. The van der Waals surface area contributed by atoms with Gasteiger partial charge in [0.1, 0.15) is 0 Å². The lowest BCUT2D eigenvalue weighted by Gasteiger charge is -2.78. The van der Waals surface area contributed by atoms with Crippen LogP contribution in [0.5, 0.6) is 0 Å². The molecule has 0 aromatic heterocycles. The van der Waals surface area contributed by atoms with Crippen molar-refractivity contribution in [3.8, 4) is 0 Å². The molecule has 7 rings (SSSR count). The molecule has 6 bridgehead atoms. The van der Waals surface area contributed by atoms with Crippen LogP contribution in [-0.4, -0.2) is 62.2 Å². The molecule has 4 aliphatic heterocycles. The van der Waals surface area contributed by atoms with Crippen molar-refractivity contribution in [2.24, 2.45) is 34.1 Å². The minimum atomic E-state index is 0.395. The summed E-state index contributed by atoms with van der Waals surface area (Å²) < 4.78 is 0. The zero-order valence-corrected chi connectivity index (χ0v) is 11.6. The summed E-state index contributed by atoms with van der Waals surface area (Å²) in [5.41, 5.74) is 13.3. The van der Waals surface area contributed by atoms with Crippen LogP contribution in [-0.2, 0) is 0 Å². The van der Waals surface area contributed by atoms with Gasteiger partial charge in [-0.3, -0.25) is 0 Å². The van der Waals surface area contributed by atoms with Crippen LogP contribution in [0, 0.1) is 22.7 Å². The highest BCUT2D eigenvalue weighted by molar-refractivity contribution is 5.26. The lowest BCUT2D eigenvalue weighted by Crippen LogP contribution is -2.84. The highest BCUT2D eigenvalue weighted by Crippen LogP contribution is 2.69. The molecule has 4 saturated heterocycles. The monoisotopic (exact) mass is 250 g/mol. The maximum atomic E-state index is 6.26. The van der Waals surface area contributed by atoms with Crippen LogP contribution < -0.4 is 11.5 Å². The summed E-state index contributed by atoms with van der Waals surface area (Å²) in [6.45, 7) is 4.24. The van der Waals surface area contributed by atoms with Crippen molar-refractivity contribution in [2.75, 3.05) is 40.3 Å². The summed E-state index contributed by atoms with van der Waals surface area (Å²) in [6, 6.07) is 1.37. The van der Waals surface area contributed by atoms with Crippen molar-refractivity contribution in [3.63, 3.8) is 0 Å². The van der Waals surface area contributed by atoms with Gasteiger partial charge in [0.2, 0.25) is 0 Å². The molecule has 4 N–H and O–H groups in total. The summed E-state index contributed by atoms with van der Waals surface area (Å²) in [7, 11) is 4.59. The van der Waals surface area contributed by atoms with Crippen molar-refractivity contribution in [1.82, 2.24) is 9.80 Å². The summed E-state index contributed by atoms with van der Waals surface area (Å²) >= 11 is 0. The second kappa shape index (κ2) is 3.29. The third kappa shape index (κ3) is 0.974.